The Morgan fingerprint density at radius 2 is 1.97 bits per heavy atom. The molecule has 2 aromatic rings. The Balaban J connectivity index is 1.64. The molecular formula is C21H25N3O5S. The van der Waals surface area contributed by atoms with Gasteiger partial charge in [-0.2, -0.15) is 0 Å². The van der Waals surface area contributed by atoms with Crippen molar-refractivity contribution in [1.82, 2.24) is 0 Å². The molecule has 0 bridgehead atoms. The molecule has 3 rings (SSSR count). The van der Waals surface area contributed by atoms with E-state index in [0.717, 1.165) is 19.4 Å². The molecular weight excluding hydrogens is 406 g/mol. The third kappa shape index (κ3) is 4.98. The molecule has 0 atom stereocenters. The molecule has 0 aromatic heterocycles. The fraction of sp³-hybridized carbons (Fsp3) is 0.333. The second kappa shape index (κ2) is 9.27. The topological polar surface area (TPSA) is 119 Å². The number of nitrogens with one attached hydrogen (secondary N) is 1. The highest BCUT2D eigenvalue weighted by molar-refractivity contribution is 7.89. The van der Waals surface area contributed by atoms with E-state index in [1.165, 1.54) is 17.0 Å². The number of benzene rings is 2. The van der Waals surface area contributed by atoms with Crippen molar-refractivity contribution in [3.8, 4) is 0 Å². The van der Waals surface area contributed by atoms with Crippen LogP contribution in [0.4, 0.5) is 11.4 Å². The van der Waals surface area contributed by atoms with E-state index in [1.54, 1.807) is 24.3 Å². The van der Waals surface area contributed by atoms with Gasteiger partial charge in [-0.25, -0.2) is 18.4 Å². The highest BCUT2D eigenvalue weighted by Gasteiger charge is 2.27. The number of para-hydroxylation sites is 1. The van der Waals surface area contributed by atoms with Crippen LogP contribution in [-0.2, 0) is 26.0 Å². The average Bonchev–Trinajstić information content (AvgIpc) is 3.15. The number of nitrogens with zero attached hydrogens (tertiary/aromatic N) is 1. The van der Waals surface area contributed by atoms with Crippen LogP contribution < -0.4 is 15.4 Å². The maximum Gasteiger partial charge on any atom is 0.340 e. The lowest BCUT2D eigenvalue weighted by molar-refractivity contribution is -0.121. The summed E-state index contributed by atoms with van der Waals surface area (Å²) in [6.07, 6.45) is 2.51. The van der Waals surface area contributed by atoms with Gasteiger partial charge < -0.3 is 15.0 Å². The molecule has 0 unspecified atom stereocenters. The first-order valence-electron chi connectivity index (χ1n) is 9.77. The minimum Gasteiger partial charge on any atom is -0.452 e. The normalized spacial score (nSPS) is 13.1. The maximum atomic E-state index is 12.6. The third-order valence-electron chi connectivity index (χ3n) is 4.90. The molecule has 1 aliphatic rings. The number of sulfonamides is 1. The van der Waals surface area contributed by atoms with Gasteiger partial charge in [0.1, 0.15) is 0 Å². The lowest BCUT2D eigenvalue weighted by Crippen LogP contribution is -2.33. The van der Waals surface area contributed by atoms with Crippen molar-refractivity contribution in [1.29, 1.82) is 0 Å². The zero-order valence-electron chi connectivity index (χ0n) is 16.8. The Hall–Kier alpha value is -2.91. The number of anilines is 2. The number of esters is 1. The van der Waals surface area contributed by atoms with Crippen molar-refractivity contribution >= 4 is 33.3 Å². The van der Waals surface area contributed by atoms with Gasteiger partial charge in [0.05, 0.1) is 10.5 Å². The Morgan fingerprint density at radius 1 is 1.20 bits per heavy atom. The molecule has 1 heterocycles. The van der Waals surface area contributed by atoms with E-state index in [2.05, 4.69) is 12.2 Å². The SMILES string of the molecule is CCCCNc1ccccc1C(=O)OCC(=O)N1CCc2cc(S(N)(=O)=O)ccc21. The van der Waals surface area contributed by atoms with Gasteiger partial charge in [0.2, 0.25) is 10.0 Å². The van der Waals surface area contributed by atoms with Gasteiger partial charge in [-0.1, -0.05) is 25.5 Å². The molecule has 0 saturated heterocycles. The van der Waals surface area contributed by atoms with Crippen LogP contribution in [0, 0.1) is 0 Å². The first-order valence-corrected chi connectivity index (χ1v) is 11.3. The number of fused-ring (bicyclic) bond motifs is 1. The number of nitrogens with two attached hydrogens (primary N) is 1. The lowest BCUT2D eigenvalue weighted by Gasteiger charge is -2.18. The molecule has 3 N–H and O–H groups in total. The van der Waals surface area contributed by atoms with Gasteiger partial charge in [-0.05, 0) is 48.7 Å². The van der Waals surface area contributed by atoms with Crippen molar-refractivity contribution in [3.63, 3.8) is 0 Å². The molecule has 0 fully saturated rings. The van der Waals surface area contributed by atoms with E-state index in [9.17, 15) is 18.0 Å². The van der Waals surface area contributed by atoms with E-state index >= 15 is 0 Å². The number of primary sulfonamides is 1. The highest BCUT2D eigenvalue weighted by atomic mass is 32.2. The predicted molar refractivity (Wildman–Crippen MR) is 114 cm³/mol. The first kappa shape index (κ1) is 21.8. The largest absolute Gasteiger partial charge is 0.452 e. The van der Waals surface area contributed by atoms with Crippen LogP contribution in [-0.4, -0.2) is 40.0 Å². The Morgan fingerprint density at radius 3 is 2.70 bits per heavy atom. The van der Waals surface area contributed by atoms with Crippen LogP contribution >= 0.6 is 0 Å². The molecule has 0 aliphatic carbocycles. The molecule has 0 saturated carbocycles. The number of rotatable bonds is 8. The summed E-state index contributed by atoms with van der Waals surface area (Å²) in [5.41, 5.74) is 2.36. The second-order valence-electron chi connectivity index (χ2n) is 7.03. The van der Waals surface area contributed by atoms with Gasteiger partial charge >= 0.3 is 5.97 Å². The molecule has 8 nitrogen and oxygen atoms in total. The van der Waals surface area contributed by atoms with Crippen LogP contribution in [0.15, 0.2) is 47.4 Å². The van der Waals surface area contributed by atoms with Crippen LogP contribution in [0.2, 0.25) is 0 Å². The summed E-state index contributed by atoms with van der Waals surface area (Å²) in [5.74, 6) is -0.950. The van der Waals surface area contributed by atoms with Crippen molar-refractivity contribution in [2.24, 2.45) is 5.14 Å². The van der Waals surface area contributed by atoms with E-state index in [-0.39, 0.29) is 10.8 Å². The molecule has 160 valence electrons. The Labute approximate surface area is 176 Å². The van der Waals surface area contributed by atoms with Crippen molar-refractivity contribution in [3.05, 3.63) is 53.6 Å². The van der Waals surface area contributed by atoms with Crippen LogP contribution in [0.1, 0.15) is 35.7 Å². The van der Waals surface area contributed by atoms with Crippen molar-refractivity contribution in [2.45, 2.75) is 31.1 Å². The highest BCUT2D eigenvalue weighted by Crippen LogP contribution is 2.30. The van der Waals surface area contributed by atoms with E-state index < -0.39 is 22.6 Å². The van der Waals surface area contributed by atoms with E-state index in [1.807, 2.05) is 6.07 Å². The second-order valence-corrected chi connectivity index (χ2v) is 8.59. The average molecular weight is 432 g/mol. The first-order chi connectivity index (χ1) is 14.3. The van der Waals surface area contributed by atoms with Crippen LogP contribution in [0.5, 0.6) is 0 Å². The number of amides is 1. The summed E-state index contributed by atoms with van der Waals surface area (Å²) < 4.78 is 28.3. The quantitative estimate of drug-likeness (QED) is 0.489. The maximum absolute atomic E-state index is 12.6. The van der Waals surface area contributed by atoms with E-state index in [0.29, 0.717) is 35.5 Å². The van der Waals surface area contributed by atoms with Gasteiger partial charge in [0.25, 0.3) is 5.91 Å². The number of unbranched alkanes of at least 4 members (excludes halogenated alkanes) is 1. The molecule has 1 amide bonds. The monoisotopic (exact) mass is 431 g/mol. The zero-order valence-corrected chi connectivity index (χ0v) is 17.6. The number of hydrogen-bond acceptors (Lipinski definition) is 6. The molecule has 2 aromatic carbocycles. The Kier molecular flexibility index (Phi) is 6.73. The van der Waals surface area contributed by atoms with Crippen molar-refractivity contribution < 1.29 is 22.7 Å². The third-order valence-corrected chi connectivity index (χ3v) is 5.81. The predicted octanol–water partition coefficient (Wildman–Crippen LogP) is 2.29. The molecule has 30 heavy (non-hydrogen) atoms. The fourth-order valence-corrected chi connectivity index (χ4v) is 3.88. The lowest BCUT2D eigenvalue weighted by atomic mass is 10.1. The van der Waals surface area contributed by atoms with E-state index in [4.69, 9.17) is 9.88 Å². The van der Waals surface area contributed by atoms with Gasteiger partial charge in [0, 0.05) is 24.5 Å². The molecule has 9 heteroatoms. The summed E-state index contributed by atoms with van der Waals surface area (Å²) >= 11 is 0. The number of carbonyl (C=O) groups excluding carboxylic acids is 2. The standard InChI is InChI=1S/C21H25N3O5S/c1-2-3-11-23-18-7-5-4-6-17(18)21(26)29-14-20(25)24-12-10-15-13-16(30(22,27)28)8-9-19(15)24/h4-9,13,23H,2-3,10-12,14H2,1H3,(H2,22,27,28). The van der Waals surface area contributed by atoms with Gasteiger partial charge in [0.15, 0.2) is 6.61 Å². The summed E-state index contributed by atoms with van der Waals surface area (Å²) in [7, 11) is -3.81. The van der Waals surface area contributed by atoms with Gasteiger partial charge in [-0.3, -0.25) is 4.79 Å². The Bertz CT molecular complexity index is 1050. The molecule has 0 spiro atoms. The summed E-state index contributed by atoms with van der Waals surface area (Å²) in [6.45, 7) is 2.80. The molecule has 0 radical (unpaired) electrons. The fourth-order valence-electron chi connectivity index (χ4n) is 3.31. The summed E-state index contributed by atoms with van der Waals surface area (Å²) in [6, 6.07) is 11.4. The minimum atomic E-state index is -3.81. The minimum absolute atomic E-state index is 0.00848. The number of ether oxygens (including phenoxy) is 1. The molecule has 1 aliphatic heterocycles. The zero-order chi connectivity index (χ0) is 21.7. The summed E-state index contributed by atoms with van der Waals surface area (Å²) in [5, 5.41) is 8.37. The summed E-state index contributed by atoms with van der Waals surface area (Å²) in [4.78, 5) is 26.6. The number of hydrogen-bond donors (Lipinski definition) is 2. The smallest absolute Gasteiger partial charge is 0.340 e. The van der Waals surface area contributed by atoms with Gasteiger partial charge in [-0.15, -0.1) is 0 Å². The van der Waals surface area contributed by atoms with Crippen LogP contribution in [0.3, 0.4) is 0 Å². The van der Waals surface area contributed by atoms with Crippen molar-refractivity contribution in [2.75, 3.05) is 29.9 Å². The van der Waals surface area contributed by atoms with Crippen LogP contribution in [0.25, 0.3) is 0 Å². The number of carbonyl (C=O) groups is 2.